The third-order valence-corrected chi connectivity index (χ3v) is 4.85. The van der Waals surface area contributed by atoms with E-state index in [2.05, 4.69) is 11.4 Å². The predicted octanol–water partition coefficient (Wildman–Crippen LogP) is 3.59. The van der Waals surface area contributed by atoms with Crippen LogP contribution in [0.3, 0.4) is 0 Å². The summed E-state index contributed by atoms with van der Waals surface area (Å²) in [5.41, 5.74) is 2.40. The van der Waals surface area contributed by atoms with E-state index in [0.29, 0.717) is 12.4 Å². The summed E-state index contributed by atoms with van der Waals surface area (Å²) < 4.78 is 16.0. The number of esters is 1. The summed E-state index contributed by atoms with van der Waals surface area (Å²) in [6, 6.07) is 15.0. The van der Waals surface area contributed by atoms with E-state index in [9.17, 15) is 9.59 Å². The Morgan fingerprint density at radius 1 is 1.07 bits per heavy atom. The molecule has 0 radical (unpaired) electrons. The Morgan fingerprint density at radius 3 is 2.48 bits per heavy atom. The Morgan fingerprint density at radius 2 is 1.76 bits per heavy atom. The number of hydrogen-bond acceptors (Lipinski definition) is 5. The summed E-state index contributed by atoms with van der Waals surface area (Å²) in [5, 5.41) is 3.00. The Bertz CT molecular complexity index is 833. The number of hydrogen-bond donors (Lipinski definition) is 1. The number of fused-ring (bicyclic) bond motifs is 1. The molecule has 2 aromatic rings. The van der Waals surface area contributed by atoms with Gasteiger partial charge in [-0.1, -0.05) is 24.3 Å². The molecular weight excluding hydrogens is 370 g/mol. The SMILES string of the molecule is CCOc1ccc(OCC(=O)O[C@H](C)C(=O)N[C@H]2CCCc3ccccc32)cc1. The van der Waals surface area contributed by atoms with Crippen molar-refractivity contribution in [1.29, 1.82) is 0 Å². The molecule has 0 bridgehead atoms. The van der Waals surface area contributed by atoms with E-state index in [1.807, 2.05) is 25.1 Å². The molecule has 0 heterocycles. The fourth-order valence-electron chi connectivity index (χ4n) is 3.42. The van der Waals surface area contributed by atoms with Crippen molar-refractivity contribution in [3.63, 3.8) is 0 Å². The molecule has 0 unspecified atom stereocenters. The van der Waals surface area contributed by atoms with Gasteiger partial charge in [-0.25, -0.2) is 4.79 Å². The van der Waals surface area contributed by atoms with Gasteiger partial charge in [-0.15, -0.1) is 0 Å². The third kappa shape index (κ3) is 5.73. The van der Waals surface area contributed by atoms with Gasteiger partial charge < -0.3 is 19.5 Å². The Labute approximate surface area is 171 Å². The third-order valence-electron chi connectivity index (χ3n) is 4.85. The van der Waals surface area contributed by atoms with Crippen LogP contribution in [-0.2, 0) is 20.7 Å². The lowest BCUT2D eigenvalue weighted by atomic mass is 9.87. The van der Waals surface area contributed by atoms with Gasteiger partial charge >= 0.3 is 5.97 Å². The van der Waals surface area contributed by atoms with Gasteiger partial charge in [-0.2, -0.15) is 0 Å². The second-order valence-corrected chi connectivity index (χ2v) is 6.98. The van der Waals surface area contributed by atoms with Crippen molar-refractivity contribution in [1.82, 2.24) is 5.32 Å². The second-order valence-electron chi connectivity index (χ2n) is 6.98. The lowest BCUT2D eigenvalue weighted by Gasteiger charge is -2.27. The van der Waals surface area contributed by atoms with Crippen LogP contribution in [0.5, 0.6) is 11.5 Å². The lowest BCUT2D eigenvalue weighted by molar-refractivity contribution is -0.156. The average molecular weight is 397 g/mol. The van der Waals surface area contributed by atoms with Crippen molar-refractivity contribution in [2.24, 2.45) is 0 Å². The molecule has 1 aliphatic rings. The molecule has 2 atom stereocenters. The van der Waals surface area contributed by atoms with E-state index in [4.69, 9.17) is 14.2 Å². The van der Waals surface area contributed by atoms with E-state index >= 15 is 0 Å². The highest BCUT2D eigenvalue weighted by atomic mass is 16.6. The first-order valence-corrected chi connectivity index (χ1v) is 10.00. The van der Waals surface area contributed by atoms with Crippen LogP contribution in [0.25, 0.3) is 0 Å². The maximum absolute atomic E-state index is 12.5. The zero-order valence-electron chi connectivity index (χ0n) is 16.9. The largest absolute Gasteiger partial charge is 0.494 e. The quantitative estimate of drug-likeness (QED) is 0.689. The molecular formula is C23H27NO5. The molecule has 6 heteroatoms. The number of carbonyl (C=O) groups is 2. The number of benzene rings is 2. The van der Waals surface area contributed by atoms with Gasteiger partial charge in [-0.3, -0.25) is 4.79 Å². The Hall–Kier alpha value is -3.02. The van der Waals surface area contributed by atoms with Gasteiger partial charge in [-0.05, 0) is 68.5 Å². The smallest absolute Gasteiger partial charge is 0.344 e. The molecule has 1 amide bonds. The molecule has 0 saturated carbocycles. The number of aryl methyl sites for hydroxylation is 1. The molecule has 1 N–H and O–H groups in total. The molecule has 154 valence electrons. The molecule has 1 aliphatic carbocycles. The molecule has 3 rings (SSSR count). The normalized spacial score (nSPS) is 16.3. The average Bonchev–Trinajstić information content (AvgIpc) is 2.73. The molecule has 0 aromatic heterocycles. The molecule has 0 fully saturated rings. The number of rotatable bonds is 8. The van der Waals surface area contributed by atoms with Crippen molar-refractivity contribution < 1.29 is 23.8 Å². The van der Waals surface area contributed by atoms with Crippen molar-refractivity contribution >= 4 is 11.9 Å². The summed E-state index contributed by atoms with van der Waals surface area (Å²) in [6.45, 7) is 3.79. The molecule has 0 aliphatic heterocycles. The minimum Gasteiger partial charge on any atom is -0.494 e. The van der Waals surface area contributed by atoms with Crippen molar-refractivity contribution in [2.45, 2.75) is 45.3 Å². The van der Waals surface area contributed by atoms with Crippen LogP contribution >= 0.6 is 0 Å². The monoisotopic (exact) mass is 397 g/mol. The molecule has 2 aromatic carbocycles. The summed E-state index contributed by atoms with van der Waals surface area (Å²) in [5.74, 6) is 0.366. The number of ether oxygens (including phenoxy) is 3. The number of amides is 1. The zero-order valence-corrected chi connectivity index (χ0v) is 16.9. The maximum Gasteiger partial charge on any atom is 0.344 e. The summed E-state index contributed by atoms with van der Waals surface area (Å²) in [4.78, 5) is 24.5. The molecule has 29 heavy (non-hydrogen) atoms. The molecule has 0 spiro atoms. The van der Waals surface area contributed by atoms with E-state index < -0.39 is 12.1 Å². The van der Waals surface area contributed by atoms with Gasteiger partial charge in [0.25, 0.3) is 5.91 Å². The van der Waals surface area contributed by atoms with Crippen LogP contribution in [0, 0.1) is 0 Å². The van der Waals surface area contributed by atoms with Crippen molar-refractivity contribution in [3.8, 4) is 11.5 Å². The van der Waals surface area contributed by atoms with Crippen LogP contribution in [0.15, 0.2) is 48.5 Å². The van der Waals surface area contributed by atoms with E-state index in [0.717, 1.165) is 30.6 Å². The fourth-order valence-corrected chi connectivity index (χ4v) is 3.42. The van der Waals surface area contributed by atoms with Gasteiger partial charge in [0.2, 0.25) is 0 Å². The highest BCUT2D eigenvalue weighted by molar-refractivity contribution is 5.84. The standard InChI is InChI=1S/C23H27NO5/c1-3-27-18-11-13-19(14-12-18)28-15-22(25)29-16(2)23(26)24-21-10-6-8-17-7-4-5-9-20(17)21/h4-5,7,9,11-14,16,21H,3,6,8,10,15H2,1-2H3,(H,24,26)/t16-,21+/m1/s1. The first-order chi connectivity index (χ1) is 14.1. The van der Waals surface area contributed by atoms with Crippen molar-refractivity contribution in [2.75, 3.05) is 13.2 Å². The van der Waals surface area contributed by atoms with E-state index in [-0.39, 0.29) is 18.6 Å². The minimum atomic E-state index is -0.888. The van der Waals surface area contributed by atoms with Crippen LogP contribution < -0.4 is 14.8 Å². The Balaban J connectivity index is 1.46. The highest BCUT2D eigenvalue weighted by Gasteiger charge is 2.25. The Kier molecular flexibility index (Phi) is 7.11. The summed E-state index contributed by atoms with van der Waals surface area (Å²) in [7, 11) is 0. The minimum absolute atomic E-state index is 0.0475. The first kappa shape index (κ1) is 20.7. The van der Waals surface area contributed by atoms with E-state index in [1.54, 1.807) is 31.2 Å². The van der Waals surface area contributed by atoms with Gasteiger partial charge in [0, 0.05) is 0 Å². The number of nitrogens with one attached hydrogen (secondary N) is 1. The van der Waals surface area contributed by atoms with Crippen molar-refractivity contribution in [3.05, 3.63) is 59.7 Å². The fraction of sp³-hybridized carbons (Fsp3) is 0.391. The van der Waals surface area contributed by atoms with Gasteiger partial charge in [0.1, 0.15) is 11.5 Å². The topological polar surface area (TPSA) is 73.9 Å². The number of carbonyl (C=O) groups excluding carboxylic acids is 2. The first-order valence-electron chi connectivity index (χ1n) is 10.00. The second kappa shape index (κ2) is 9.96. The van der Waals surface area contributed by atoms with Gasteiger partial charge in [0.05, 0.1) is 12.6 Å². The van der Waals surface area contributed by atoms with Gasteiger partial charge in [0.15, 0.2) is 12.7 Å². The lowest BCUT2D eigenvalue weighted by Crippen LogP contribution is -2.39. The summed E-state index contributed by atoms with van der Waals surface area (Å²) in [6.07, 6.45) is 2.03. The zero-order chi connectivity index (χ0) is 20.6. The highest BCUT2D eigenvalue weighted by Crippen LogP contribution is 2.29. The van der Waals surface area contributed by atoms with Crippen LogP contribution in [0.4, 0.5) is 0 Å². The maximum atomic E-state index is 12.5. The molecule has 6 nitrogen and oxygen atoms in total. The molecule has 0 saturated heterocycles. The van der Waals surface area contributed by atoms with Crippen LogP contribution in [0.1, 0.15) is 43.9 Å². The van der Waals surface area contributed by atoms with Crippen LogP contribution in [0.2, 0.25) is 0 Å². The van der Waals surface area contributed by atoms with Crippen LogP contribution in [-0.4, -0.2) is 31.2 Å². The van der Waals surface area contributed by atoms with E-state index in [1.165, 1.54) is 5.56 Å². The summed E-state index contributed by atoms with van der Waals surface area (Å²) >= 11 is 0. The predicted molar refractivity (Wildman–Crippen MR) is 109 cm³/mol.